The highest BCUT2D eigenvalue weighted by Gasteiger charge is 2.08. The van der Waals surface area contributed by atoms with Gasteiger partial charge in [-0.3, -0.25) is 4.79 Å². The molecule has 1 amide bonds. The summed E-state index contributed by atoms with van der Waals surface area (Å²) in [5.74, 6) is -0.563. The summed E-state index contributed by atoms with van der Waals surface area (Å²) < 4.78 is 12.8. The SMILES string of the molecule is O=C(Cc1csc(-c2ccccc2)n1)NN=Cc1ccc(F)cc1. The number of nitrogens with one attached hydrogen (secondary N) is 1. The second kappa shape index (κ2) is 7.61. The van der Waals surface area contributed by atoms with Gasteiger partial charge < -0.3 is 0 Å². The molecule has 3 rings (SSSR count). The zero-order chi connectivity index (χ0) is 16.8. The highest BCUT2D eigenvalue weighted by Crippen LogP contribution is 2.23. The van der Waals surface area contributed by atoms with Crippen molar-refractivity contribution in [1.82, 2.24) is 10.4 Å². The van der Waals surface area contributed by atoms with Gasteiger partial charge in [0, 0.05) is 10.9 Å². The maximum absolute atomic E-state index is 12.8. The third kappa shape index (κ3) is 4.33. The number of hydrazone groups is 1. The van der Waals surface area contributed by atoms with Crippen molar-refractivity contribution in [3.8, 4) is 10.6 Å². The van der Waals surface area contributed by atoms with Crippen LogP contribution in [0.3, 0.4) is 0 Å². The molecule has 0 saturated heterocycles. The number of carbonyl (C=O) groups is 1. The van der Waals surface area contributed by atoms with Gasteiger partial charge in [-0.1, -0.05) is 42.5 Å². The molecular weight excluding hydrogens is 325 g/mol. The Morgan fingerprint density at radius 1 is 1.17 bits per heavy atom. The van der Waals surface area contributed by atoms with Gasteiger partial charge in [0.1, 0.15) is 10.8 Å². The number of benzene rings is 2. The Bertz CT molecular complexity index is 844. The highest BCUT2D eigenvalue weighted by atomic mass is 32.1. The third-order valence-electron chi connectivity index (χ3n) is 3.19. The van der Waals surface area contributed by atoms with Crippen molar-refractivity contribution in [2.75, 3.05) is 0 Å². The van der Waals surface area contributed by atoms with Crippen LogP contribution in [0.2, 0.25) is 0 Å². The number of halogens is 1. The Balaban J connectivity index is 1.55. The number of hydrogen-bond acceptors (Lipinski definition) is 4. The number of rotatable bonds is 5. The molecule has 24 heavy (non-hydrogen) atoms. The van der Waals surface area contributed by atoms with Gasteiger partial charge in [-0.25, -0.2) is 14.8 Å². The lowest BCUT2D eigenvalue weighted by Crippen LogP contribution is -2.19. The fourth-order valence-corrected chi connectivity index (χ4v) is 2.86. The van der Waals surface area contributed by atoms with Crippen LogP contribution >= 0.6 is 11.3 Å². The van der Waals surface area contributed by atoms with E-state index in [2.05, 4.69) is 15.5 Å². The molecule has 3 aromatic rings. The van der Waals surface area contributed by atoms with Gasteiger partial charge in [0.15, 0.2) is 0 Å². The molecule has 0 fully saturated rings. The first-order valence-electron chi connectivity index (χ1n) is 7.28. The second-order valence-corrected chi connectivity index (χ2v) is 5.89. The van der Waals surface area contributed by atoms with Crippen LogP contribution in [0.5, 0.6) is 0 Å². The van der Waals surface area contributed by atoms with Crippen LogP contribution in [0.1, 0.15) is 11.3 Å². The number of aromatic nitrogens is 1. The maximum atomic E-state index is 12.8. The molecule has 0 atom stereocenters. The predicted molar refractivity (Wildman–Crippen MR) is 93.4 cm³/mol. The standard InChI is InChI=1S/C18H14FN3OS/c19-15-8-6-13(7-9-15)11-20-22-17(23)10-16-12-24-18(21-16)14-4-2-1-3-5-14/h1-9,11-12H,10H2,(H,22,23). The van der Waals surface area contributed by atoms with Crippen molar-refractivity contribution in [1.29, 1.82) is 0 Å². The number of carbonyl (C=O) groups excluding carboxylic acids is 1. The molecule has 0 spiro atoms. The average Bonchev–Trinajstić information content (AvgIpc) is 3.06. The molecular formula is C18H14FN3OS. The minimum atomic E-state index is -0.311. The monoisotopic (exact) mass is 339 g/mol. The van der Waals surface area contributed by atoms with Crippen LogP contribution in [-0.4, -0.2) is 17.1 Å². The first-order valence-corrected chi connectivity index (χ1v) is 8.16. The van der Waals surface area contributed by atoms with Gasteiger partial charge in [0.25, 0.3) is 0 Å². The first kappa shape index (κ1) is 16.0. The molecule has 1 N–H and O–H groups in total. The number of amides is 1. The lowest BCUT2D eigenvalue weighted by atomic mass is 10.2. The van der Waals surface area contributed by atoms with Gasteiger partial charge in [0.2, 0.25) is 5.91 Å². The van der Waals surface area contributed by atoms with Crippen molar-refractivity contribution in [3.05, 3.63) is 77.1 Å². The molecule has 120 valence electrons. The summed E-state index contributed by atoms with van der Waals surface area (Å²) in [4.78, 5) is 16.3. The Kier molecular flexibility index (Phi) is 5.08. The largest absolute Gasteiger partial charge is 0.273 e. The van der Waals surface area contributed by atoms with Crippen molar-refractivity contribution in [3.63, 3.8) is 0 Å². The van der Waals surface area contributed by atoms with E-state index in [9.17, 15) is 9.18 Å². The summed E-state index contributed by atoms with van der Waals surface area (Å²) in [6.45, 7) is 0. The molecule has 1 aromatic heterocycles. The molecule has 2 aromatic carbocycles. The minimum Gasteiger partial charge on any atom is -0.273 e. The van der Waals surface area contributed by atoms with E-state index in [1.165, 1.54) is 29.7 Å². The average molecular weight is 339 g/mol. The third-order valence-corrected chi connectivity index (χ3v) is 4.13. The van der Waals surface area contributed by atoms with Gasteiger partial charge in [-0.05, 0) is 17.7 Å². The summed E-state index contributed by atoms with van der Waals surface area (Å²) in [7, 11) is 0. The zero-order valence-corrected chi connectivity index (χ0v) is 13.5. The van der Waals surface area contributed by atoms with Crippen LogP contribution in [0.25, 0.3) is 10.6 Å². The summed E-state index contributed by atoms with van der Waals surface area (Å²) in [6, 6.07) is 15.7. The van der Waals surface area contributed by atoms with Crippen LogP contribution < -0.4 is 5.43 Å². The fraction of sp³-hybridized carbons (Fsp3) is 0.0556. The summed E-state index contributed by atoms with van der Waals surface area (Å²) in [5, 5.41) is 6.61. The summed E-state index contributed by atoms with van der Waals surface area (Å²) >= 11 is 1.50. The molecule has 0 unspecified atom stereocenters. The van der Waals surface area contributed by atoms with E-state index in [1.54, 1.807) is 12.1 Å². The fourth-order valence-electron chi connectivity index (χ4n) is 2.03. The lowest BCUT2D eigenvalue weighted by molar-refractivity contribution is -0.120. The lowest BCUT2D eigenvalue weighted by Gasteiger charge is -1.97. The Morgan fingerprint density at radius 3 is 2.67 bits per heavy atom. The van der Waals surface area contributed by atoms with Crippen LogP contribution in [-0.2, 0) is 11.2 Å². The smallest absolute Gasteiger partial charge is 0.246 e. The van der Waals surface area contributed by atoms with E-state index >= 15 is 0 Å². The Hall–Kier alpha value is -2.86. The van der Waals surface area contributed by atoms with E-state index in [0.29, 0.717) is 11.3 Å². The molecule has 4 nitrogen and oxygen atoms in total. The van der Waals surface area contributed by atoms with E-state index < -0.39 is 0 Å². The first-order chi connectivity index (χ1) is 11.7. The highest BCUT2D eigenvalue weighted by molar-refractivity contribution is 7.13. The molecule has 0 aliphatic heterocycles. The van der Waals surface area contributed by atoms with Crippen molar-refractivity contribution in [2.45, 2.75) is 6.42 Å². The quantitative estimate of drug-likeness (QED) is 0.570. The summed E-state index contributed by atoms with van der Waals surface area (Å²) in [6.07, 6.45) is 1.62. The van der Waals surface area contributed by atoms with Crippen molar-refractivity contribution >= 4 is 23.5 Å². The van der Waals surface area contributed by atoms with Gasteiger partial charge >= 0.3 is 0 Å². The van der Waals surface area contributed by atoms with Crippen molar-refractivity contribution < 1.29 is 9.18 Å². The number of thiazole rings is 1. The summed E-state index contributed by atoms with van der Waals surface area (Å²) in [5.41, 5.74) is 4.88. The molecule has 0 aliphatic carbocycles. The van der Waals surface area contributed by atoms with Crippen LogP contribution in [0.15, 0.2) is 65.1 Å². The Morgan fingerprint density at radius 2 is 1.92 bits per heavy atom. The van der Waals surface area contributed by atoms with Crippen molar-refractivity contribution in [2.24, 2.45) is 5.10 Å². The van der Waals surface area contributed by atoms with Gasteiger partial charge in [-0.2, -0.15) is 5.10 Å². The number of nitrogens with zero attached hydrogens (tertiary/aromatic N) is 2. The molecule has 1 heterocycles. The van der Waals surface area contributed by atoms with Crippen LogP contribution in [0, 0.1) is 5.82 Å². The number of hydrogen-bond donors (Lipinski definition) is 1. The van der Waals surface area contributed by atoms with E-state index in [-0.39, 0.29) is 18.1 Å². The van der Waals surface area contributed by atoms with Gasteiger partial charge in [-0.15, -0.1) is 11.3 Å². The Labute approximate surface area is 142 Å². The molecule has 0 saturated carbocycles. The van der Waals surface area contributed by atoms with E-state index in [1.807, 2.05) is 35.7 Å². The molecule has 6 heteroatoms. The maximum Gasteiger partial charge on any atom is 0.246 e. The second-order valence-electron chi connectivity index (χ2n) is 5.03. The predicted octanol–water partition coefficient (Wildman–Crippen LogP) is 3.64. The molecule has 0 bridgehead atoms. The zero-order valence-electron chi connectivity index (χ0n) is 12.6. The minimum absolute atomic E-state index is 0.157. The van der Waals surface area contributed by atoms with E-state index in [0.717, 1.165) is 10.6 Å². The van der Waals surface area contributed by atoms with Crippen LogP contribution in [0.4, 0.5) is 4.39 Å². The normalized spacial score (nSPS) is 10.9. The molecule has 0 radical (unpaired) electrons. The topological polar surface area (TPSA) is 54.4 Å². The van der Waals surface area contributed by atoms with E-state index in [4.69, 9.17) is 0 Å². The molecule has 0 aliphatic rings. The van der Waals surface area contributed by atoms with Gasteiger partial charge in [0.05, 0.1) is 18.3 Å².